The van der Waals surface area contributed by atoms with Crippen molar-refractivity contribution in [3.05, 3.63) is 47.9 Å². The van der Waals surface area contributed by atoms with Crippen molar-refractivity contribution in [3.63, 3.8) is 0 Å². The van der Waals surface area contributed by atoms with E-state index in [1.807, 2.05) is 12.2 Å². The molecule has 0 aromatic carbocycles. The number of carboxylic acid groups (broad SMARTS) is 1. The van der Waals surface area contributed by atoms with Crippen LogP contribution in [0.1, 0.15) is 0 Å². The molecule has 0 saturated carbocycles. The smallest absolute Gasteiger partial charge is 0.322 e. The zero-order valence-electron chi connectivity index (χ0n) is 6.47. The van der Waals surface area contributed by atoms with E-state index >= 15 is 0 Å². The Balaban J connectivity index is 2.81. The first-order valence-corrected chi connectivity index (χ1v) is 3.59. The van der Waals surface area contributed by atoms with Crippen LogP contribution in [0.25, 0.3) is 0 Å². The lowest BCUT2D eigenvalue weighted by molar-refractivity contribution is -0.131. The second-order valence-electron chi connectivity index (χ2n) is 2.25. The monoisotopic (exact) mass is 159 g/mol. The molecule has 12 heavy (non-hydrogen) atoms. The first-order chi connectivity index (χ1) is 5.80. The number of allylic oxidation sites excluding steroid dienone is 6. The molecule has 0 amide bonds. The third kappa shape index (κ3) is 2.62. The van der Waals surface area contributed by atoms with Gasteiger partial charge in [-0.15, -0.1) is 5.98 Å². The quantitative estimate of drug-likeness (QED) is 0.585. The molecule has 0 atom stereocenters. The molecule has 0 fully saturated rings. The van der Waals surface area contributed by atoms with E-state index in [-0.39, 0.29) is 5.47 Å². The van der Waals surface area contributed by atoms with Crippen LogP contribution in [0.15, 0.2) is 47.9 Å². The summed E-state index contributed by atoms with van der Waals surface area (Å²) in [6.07, 6.45) is 10.5. The molecule has 1 rings (SSSR count). The molecule has 1 heterocycles. The molecule has 1 radical (unpaired) electrons. The van der Waals surface area contributed by atoms with Gasteiger partial charge in [-0.1, -0.05) is 36.5 Å². The molecule has 0 unspecified atom stereocenters. The molecule has 0 spiro atoms. The van der Waals surface area contributed by atoms with E-state index in [1.54, 1.807) is 37.6 Å². The number of hydrogen-bond donors (Lipinski definition) is 1. The van der Waals surface area contributed by atoms with Gasteiger partial charge in [0.2, 0.25) is 0 Å². The lowest BCUT2D eigenvalue weighted by atomic mass is 9.69. The molecule has 0 aromatic heterocycles. The highest BCUT2D eigenvalue weighted by Gasteiger charge is 2.03. The third-order valence-electron chi connectivity index (χ3n) is 1.35. The van der Waals surface area contributed by atoms with E-state index < -0.39 is 5.97 Å². The Morgan fingerprint density at radius 1 is 1.17 bits per heavy atom. The molecule has 3 heteroatoms. The van der Waals surface area contributed by atoms with Gasteiger partial charge < -0.3 is 5.11 Å². The van der Waals surface area contributed by atoms with Crippen molar-refractivity contribution in [2.45, 2.75) is 0 Å². The summed E-state index contributed by atoms with van der Waals surface area (Å²) < 4.78 is 0. The summed E-state index contributed by atoms with van der Waals surface area (Å²) in [4.78, 5) is 10.5. The van der Waals surface area contributed by atoms with Crippen LogP contribution >= 0.6 is 0 Å². The van der Waals surface area contributed by atoms with Gasteiger partial charge >= 0.3 is 5.97 Å². The van der Waals surface area contributed by atoms with Gasteiger partial charge in [0.15, 0.2) is 7.28 Å². The topological polar surface area (TPSA) is 37.3 Å². The summed E-state index contributed by atoms with van der Waals surface area (Å²) in [5.74, 6) is 0.787. The molecule has 1 aliphatic heterocycles. The maximum atomic E-state index is 10.5. The zero-order valence-corrected chi connectivity index (χ0v) is 6.47. The van der Waals surface area contributed by atoms with E-state index in [9.17, 15) is 4.79 Å². The fourth-order valence-corrected chi connectivity index (χ4v) is 0.773. The predicted molar refractivity (Wildman–Crippen MR) is 48.9 cm³/mol. The average molecular weight is 159 g/mol. The van der Waals surface area contributed by atoms with Crippen LogP contribution in [0.4, 0.5) is 0 Å². The van der Waals surface area contributed by atoms with Gasteiger partial charge in [-0.2, -0.15) is 0 Å². The standard InChI is InChI=1S/C9H8BO2/c11-9(12)8-6-4-2-1-3-5-7-10-8/h1-7H,(H,11,12)/b3-1-,4-2-,7-5-,8-6-. The molecule has 1 N–H and O–H groups in total. The van der Waals surface area contributed by atoms with E-state index in [0.29, 0.717) is 0 Å². The first-order valence-electron chi connectivity index (χ1n) is 3.59. The van der Waals surface area contributed by atoms with E-state index in [2.05, 4.69) is 0 Å². The van der Waals surface area contributed by atoms with Crippen molar-refractivity contribution in [3.8, 4) is 0 Å². The molecule has 0 bridgehead atoms. The minimum absolute atomic E-state index is 0.284. The fraction of sp³-hybridized carbons (Fsp3) is 0. The third-order valence-corrected chi connectivity index (χ3v) is 1.35. The average Bonchev–Trinajstić information content (AvgIpc) is 2.15. The van der Waals surface area contributed by atoms with Gasteiger partial charge in [0.05, 0.1) is 0 Å². The molecule has 0 aromatic rings. The zero-order chi connectivity index (χ0) is 8.81. The molecular formula is C9H8BO2. The maximum absolute atomic E-state index is 10.5. The molecular weight excluding hydrogens is 151 g/mol. The Morgan fingerprint density at radius 2 is 1.83 bits per heavy atom. The van der Waals surface area contributed by atoms with Crippen molar-refractivity contribution in [2.24, 2.45) is 0 Å². The van der Waals surface area contributed by atoms with Gasteiger partial charge in [-0.3, -0.25) is 0 Å². The minimum atomic E-state index is -0.911. The van der Waals surface area contributed by atoms with Crippen LogP contribution < -0.4 is 0 Å². The van der Waals surface area contributed by atoms with E-state index in [1.165, 1.54) is 0 Å². The lowest BCUT2D eigenvalue weighted by Crippen LogP contribution is -2.06. The number of carboxylic acids is 1. The highest BCUT2D eigenvalue weighted by molar-refractivity contribution is 6.58. The SMILES string of the molecule is O=C(O)/C1=C/C=C\C=C/C=C\[B]1. The summed E-state index contributed by atoms with van der Waals surface area (Å²) in [5.41, 5.74) is 0.284. The summed E-state index contributed by atoms with van der Waals surface area (Å²) >= 11 is 0. The number of aliphatic carboxylic acids is 1. The Bertz CT molecular complexity index is 285. The van der Waals surface area contributed by atoms with E-state index in [4.69, 9.17) is 5.11 Å². The Kier molecular flexibility index (Phi) is 3.14. The molecule has 0 saturated heterocycles. The second kappa shape index (κ2) is 4.39. The maximum Gasteiger partial charge on any atom is 0.322 e. The number of carbonyl (C=O) groups is 1. The van der Waals surface area contributed by atoms with Gasteiger partial charge in [-0.25, -0.2) is 4.79 Å². The van der Waals surface area contributed by atoms with Gasteiger partial charge in [-0.05, 0) is 0 Å². The van der Waals surface area contributed by atoms with Crippen molar-refractivity contribution < 1.29 is 9.90 Å². The molecule has 59 valence electrons. The van der Waals surface area contributed by atoms with Gasteiger partial charge in [0, 0.05) is 5.47 Å². The summed E-state index contributed by atoms with van der Waals surface area (Å²) in [6, 6.07) is 0. The fourth-order valence-electron chi connectivity index (χ4n) is 0.773. The van der Waals surface area contributed by atoms with Crippen molar-refractivity contribution in [1.29, 1.82) is 0 Å². The Hall–Kier alpha value is -1.51. The van der Waals surface area contributed by atoms with Gasteiger partial charge in [0.1, 0.15) is 0 Å². The Morgan fingerprint density at radius 3 is 2.58 bits per heavy atom. The minimum Gasteiger partial charge on any atom is -0.478 e. The number of hydrogen-bond acceptors (Lipinski definition) is 1. The summed E-state index contributed by atoms with van der Waals surface area (Å²) in [7, 11) is 1.56. The van der Waals surface area contributed by atoms with Crippen LogP contribution in [-0.2, 0) is 4.79 Å². The van der Waals surface area contributed by atoms with Crippen molar-refractivity contribution in [1.82, 2.24) is 0 Å². The van der Waals surface area contributed by atoms with Crippen LogP contribution in [0, 0.1) is 0 Å². The van der Waals surface area contributed by atoms with Crippen LogP contribution in [0.3, 0.4) is 0 Å². The molecule has 2 nitrogen and oxygen atoms in total. The summed E-state index contributed by atoms with van der Waals surface area (Å²) in [5, 5.41) is 8.66. The Labute approximate surface area is 71.8 Å². The van der Waals surface area contributed by atoms with Crippen molar-refractivity contribution >= 4 is 13.2 Å². The van der Waals surface area contributed by atoms with Crippen LogP contribution in [0.2, 0.25) is 0 Å². The van der Waals surface area contributed by atoms with Crippen LogP contribution in [0.5, 0.6) is 0 Å². The molecule has 1 aliphatic rings. The normalized spacial score (nSPS) is 27.8. The van der Waals surface area contributed by atoms with Crippen molar-refractivity contribution in [2.75, 3.05) is 0 Å². The molecule has 0 aliphatic carbocycles. The predicted octanol–water partition coefficient (Wildman–Crippen LogP) is 1.30. The summed E-state index contributed by atoms with van der Waals surface area (Å²) in [6.45, 7) is 0. The largest absolute Gasteiger partial charge is 0.478 e. The first kappa shape index (κ1) is 8.59. The number of rotatable bonds is 1. The lowest BCUT2D eigenvalue weighted by Gasteiger charge is -1.92. The van der Waals surface area contributed by atoms with Crippen LogP contribution in [-0.4, -0.2) is 18.4 Å². The van der Waals surface area contributed by atoms with E-state index in [0.717, 1.165) is 0 Å². The highest BCUT2D eigenvalue weighted by atomic mass is 16.4. The second-order valence-corrected chi connectivity index (χ2v) is 2.25. The highest BCUT2D eigenvalue weighted by Crippen LogP contribution is 1.96. The van der Waals surface area contributed by atoms with Gasteiger partial charge in [0.25, 0.3) is 0 Å².